The number of rotatable bonds is 5. The second-order valence-electron chi connectivity index (χ2n) is 6.83. The second kappa shape index (κ2) is 5.75. The quantitative estimate of drug-likeness (QED) is 0.726. The van der Waals surface area contributed by atoms with Crippen LogP contribution in [0.1, 0.15) is 53.9 Å². The highest BCUT2D eigenvalue weighted by Gasteiger charge is 2.47. The minimum Gasteiger partial charge on any atom is -0.444 e. The molecule has 5 heteroatoms. The fraction of sp³-hybridized carbons (Fsp3) is 1.00. The molecule has 0 spiro atoms. The number of hydrogen-bond donors (Lipinski definition) is 0. The summed E-state index contributed by atoms with van der Waals surface area (Å²) in [5.41, 5.74) is 0.366. The molecule has 1 rings (SSSR count). The lowest BCUT2D eigenvalue weighted by Gasteiger charge is -2.54. The smallest absolute Gasteiger partial charge is 0.345 e. The van der Waals surface area contributed by atoms with Gasteiger partial charge in [-0.25, -0.2) is 0 Å². The maximum Gasteiger partial charge on any atom is 0.345 e. The van der Waals surface area contributed by atoms with E-state index in [9.17, 15) is 0 Å². The summed E-state index contributed by atoms with van der Waals surface area (Å²) < 4.78 is 12.3. The Morgan fingerprint density at radius 1 is 1.28 bits per heavy atom. The molecule has 1 unspecified atom stereocenters. The van der Waals surface area contributed by atoms with E-state index in [2.05, 4.69) is 46.2 Å². The summed E-state index contributed by atoms with van der Waals surface area (Å²) in [6.45, 7) is 14.8. The van der Waals surface area contributed by atoms with E-state index in [1.54, 1.807) is 0 Å². The lowest BCUT2D eigenvalue weighted by Crippen LogP contribution is -2.61. The summed E-state index contributed by atoms with van der Waals surface area (Å²) in [5.74, 6) is 0. The van der Waals surface area contributed by atoms with Gasteiger partial charge in [-0.3, -0.25) is 0 Å². The number of hydroxylamine groups is 2. The molecular weight excluding hydrogens is 258 g/mol. The van der Waals surface area contributed by atoms with Gasteiger partial charge in [-0.05, 0) is 44.7 Å². The van der Waals surface area contributed by atoms with E-state index >= 15 is 0 Å². The van der Waals surface area contributed by atoms with E-state index < -0.39 is 8.56 Å². The molecule has 0 bridgehead atoms. The highest BCUT2D eigenvalue weighted by Crippen LogP contribution is 2.44. The Morgan fingerprint density at radius 2 is 1.89 bits per heavy atom. The molecule has 0 radical (unpaired) electrons. The molecule has 0 aromatic carbocycles. The molecule has 3 nitrogen and oxygen atoms in total. The van der Waals surface area contributed by atoms with Gasteiger partial charge in [-0.2, -0.15) is 5.06 Å². The molecule has 0 aromatic heterocycles. The van der Waals surface area contributed by atoms with Crippen LogP contribution >= 0.6 is 0 Å². The Labute approximate surface area is 117 Å². The largest absolute Gasteiger partial charge is 0.444 e. The maximum absolute atomic E-state index is 6.40. The monoisotopic (exact) mass is 289 g/mol. The van der Waals surface area contributed by atoms with Crippen molar-refractivity contribution in [1.29, 1.82) is 0 Å². The predicted octanol–water partition coefficient (Wildman–Crippen LogP) is 2.60. The van der Waals surface area contributed by atoms with Crippen LogP contribution in [0.2, 0.25) is 12.6 Å². The van der Waals surface area contributed by atoms with Crippen LogP contribution in [0.15, 0.2) is 0 Å². The SMILES string of the molecule is CCC[Si](C)(O[SiH3])ON1CCCC(C)(C)C1(C)C. The normalized spacial score (nSPS) is 27.0. The van der Waals surface area contributed by atoms with Gasteiger partial charge in [0.05, 0.1) is 0 Å². The molecule has 1 saturated heterocycles. The summed E-state index contributed by atoms with van der Waals surface area (Å²) >= 11 is 0. The molecule has 0 aromatic rings. The van der Waals surface area contributed by atoms with Crippen LogP contribution in [0.5, 0.6) is 0 Å². The van der Waals surface area contributed by atoms with Crippen molar-refractivity contribution in [3.63, 3.8) is 0 Å². The Hall–Kier alpha value is 0.314. The maximum atomic E-state index is 6.40. The van der Waals surface area contributed by atoms with Crippen molar-refractivity contribution in [2.45, 2.75) is 72.0 Å². The minimum atomic E-state index is -1.97. The first-order valence-corrected chi connectivity index (χ1v) is 10.5. The van der Waals surface area contributed by atoms with Crippen LogP contribution in [0, 0.1) is 5.41 Å². The summed E-state index contributed by atoms with van der Waals surface area (Å²) in [7, 11) is -1.20. The third-order valence-corrected chi connectivity index (χ3v) is 10.4. The predicted molar refractivity (Wildman–Crippen MR) is 82.6 cm³/mol. The zero-order chi connectivity index (χ0) is 14.0. The molecule has 1 aliphatic rings. The highest BCUT2D eigenvalue weighted by molar-refractivity contribution is 6.68. The van der Waals surface area contributed by atoms with Gasteiger partial charge >= 0.3 is 8.56 Å². The van der Waals surface area contributed by atoms with E-state index in [1.165, 1.54) is 12.8 Å². The van der Waals surface area contributed by atoms with Gasteiger partial charge in [0.15, 0.2) is 0 Å². The Kier molecular flexibility index (Phi) is 5.23. The fourth-order valence-corrected chi connectivity index (χ4v) is 5.52. The standard InChI is InChI=1S/C13H31NO2Si2/c1-7-11-18(6,16-17)15-14-10-8-9-12(2,3)13(14,4)5/h7-11H2,1-6,17H3. The first-order chi connectivity index (χ1) is 8.18. The van der Waals surface area contributed by atoms with E-state index in [0.717, 1.165) is 29.5 Å². The van der Waals surface area contributed by atoms with Gasteiger partial charge in [0.25, 0.3) is 0 Å². The molecular formula is C13H31NO2Si2. The molecule has 1 heterocycles. The van der Waals surface area contributed by atoms with Crippen LogP contribution in [0.25, 0.3) is 0 Å². The molecule has 108 valence electrons. The fourth-order valence-electron chi connectivity index (χ4n) is 2.62. The van der Waals surface area contributed by atoms with Crippen LogP contribution in [0.3, 0.4) is 0 Å². The number of piperidine rings is 1. The third-order valence-electron chi connectivity index (χ3n) is 4.88. The van der Waals surface area contributed by atoms with Gasteiger partial charge in [-0.15, -0.1) is 0 Å². The van der Waals surface area contributed by atoms with Gasteiger partial charge in [-0.1, -0.05) is 27.2 Å². The van der Waals surface area contributed by atoms with Crippen LogP contribution in [-0.4, -0.2) is 36.2 Å². The summed E-state index contributed by atoms with van der Waals surface area (Å²) in [5, 5.41) is 2.23. The van der Waals surface area contributed by atoms with E-state index in [4.69, 9.17) is 8.64 Å². The first-order valence-electron chi connectivity index (χ1n) is 7.20. The Balaban J connectivity index is 2.82. The lowest BCUT2D eigenvalue weighted by molar-refractivity contribution is -0.209. The van der Waals surface area contributed by atoms with Crippen molar-refractivity contribution in [1.82, 2.24) is 5.06 Å². The average Bonchev–Trinajstić information content (AvgIpc) is 2.26. The lowest BCUT2D eigenvalue weighted by atomic mass is 9.69. The summed E-state index contributed by atoms with van der Waals surface area (Å²) in [6.07, 6.45) is 3.63. The molecule has 18 heavy (non-hydrogen) atoms. The number of hydrogen-bond acceptors (Lipinski definition) is 3. The molecule has 0 saturated carbocycles. The van der Waals surface area contributed by atoms with Crippen molar-refractivity contribution < 1.29 is 8.64 Å². The molecule has 1 aliphatic heterocycles. The third kappa shape index (κ3) is 3.25. The van der Waals surface area contributed by atoms with Gasteiger partial charge in [0.1, 0.15) is 10.5 Å². The Bertz CT molecular complexity index is 284. The number of nitrogens with zero attached hydrogens (tertiary/aromatic N) is 1. The van der Waals surface area contributed by atoms with E-state index in [-0.39, 0.29) is 11.0 Å². The van der Waals surface area contributed by atoms with E-state index in [1.807, 2.05) is 0 Å². The van der Waals surface area contributed by atoms with Crippen molar-refractivity contribution in [2.24, 2.45) is 5.41 Å². The average molecular weight is 290 g/mol. The van der Waals surface area contributed by atoms with Crippen molar-refractivity contribution >= 4 is 19.0 Å². The van der Waals surface area contributed by atoms with Crippen LogP contribution < -0.4 is 0 Å². The van der Waals surface area contributed by atoms with Crippen LogP contribution in [-0.2, 0) is 8.64 Å². The van der Waals surface area contributed by atoms with Crippen LogP contribution in [0.4, 0.5) is 0 Å². The van der Waals surface area contributed by atoms with E-state index in [0.29, 0.717) is 0 Å². The highest BCUT2D eigenvalue weighted by atomic mass is 28.4. The van der Waals surface area contributed by atoms with Crippen molar-refractivity contribution in [2.75, 3.05) is 6.54 Å². The first kappa shape index (κ1) is 16.4. The second-order valence-corrected chi connectivity index (χ2v) is 11.4. The van der Waals surface area contributed by atoms with Gasteiger partial charge < -0.3 is 8.64 Å². The topological polar surface area (TPSA) is 21.7 Å². The molecule has 0 N–H and O–H groups in total. The van der Waals surface area contributed by atoms with Crippen molar-refractivity contribution in [3.8, 4) is 0 Å². The Morgan fingerprint density at radius 3 is 2.39 bits per heavy atom. The molecule has 0 aliphatic carbocycles. The van der Waals surface area contributed by atoms with Gasteiger partial charge in [0, 0.05) is 12.1 Å². The summed E-state index contributed by atoms with van der Waals surface area (Å²) in [6, 6.07) is 1.09. The molecule has 1 atom stereocenters. The molecule has 1 fully saturated rings. The van der Waals surface area contributed by atoms with Crippen molar-refractivity contribution in [3.05, 3.63) is 0 Å². The minimum absolute atomic E-state index is 0.0767. The zero-order valence-electron chi connectivity index (χ0n) is 13.3. The molecule has 0 amide bonds. The zero-order valence-corrected chi connectivity index (χ0v) is 16.3. The van der Waals surface area contributed by atoms with Gasteiger partial charge in [0.2, 0.25) is 0 Å². The summed E-state index contributed by atoms with van der Waals surface area (Å²) in [4.78, 5) is 0.